The number of benzene rings is 1. The molecule has 102 valence electrons. The van der Waals surface area contributed by atoms with Crippen molar-refractivity contribution in [3.05, 3.63) is 23.8 Å². The van der Waals surface area contributed by atoms with Crippen LogP contribution >= 0.6 is 0 Å². The first-order chi connectivity index (χ1) is 9.08. The lowest BCUT2D eigenvalue weighted by atomic mass is 10.1. The topological polar surface area (TPSA) is 49.4 Å². The zero-order valence-electron chi connectivity index (χ0n) is 11.5. The lowest BCUT2D eigenvalue weighted by molar-refractivity contribution is -0.114. The number of Topliss-reactive ketones (excluding diaryl/α,β-unsaturated/α-hetero) is 1. The fraction of sp³-hybridized carbons (Fsp3) is 0.467. The lowest BCUT2D eigenvalue weighted by Crippen LogP contribution is -2.29. The summed E-state index contributed by atoms with van der Waals surface area (Å²) < 4.78 is 0. The van der Waals surface area contributed by atoms with Crippen LogP contribution in [0.2, 0.25) is 0 Å². The van der Waals surface area contributed by atoms with Gasteiger partial charge in [-0.2, -0.15) is 0 Å². The Morgan fingerprint density at radius 3 is 2.37 bits per heavy atom. The second kappa shape index (κ2) is 5.87. The highest BCUT2D eigenvalue weighted by Gasteiger charge is 2.15. The first kappa shape index (κ1) is 13.6. The minimum Gasteiger partial charge on any atom is -0.372 e. The number of carbonyl (C=O) groups is 2. The van der Waals surface area contributed by atoms with Gasteiger partial charge < -0.3 is 10.2 Å². The molecule has 0 unspecified atom stereocenters. The Morgan fingerprint density at radius 1 is 1.11 bits per heavy atom. The van der Waals surface area contributed by atoms with Crippen LogP contribution in [-0.4, -0.2) is 24.8 Å². The second-order valence-corrected chi connectivity index (χ2v) is 5.01. The van der Waals surface area contributed by atoms with Crippen molar-refractivity contribution in [1.82, 2.24) is 0 Å². The predicted molar refractivity (Wildman–Crippen MR) is 76.8 cm³/mol. The van der Waals surface area contributed by atoms with Crippen molar-refractivity contribution >= 4 is 23.1 Å². The van der Waals surface area contributed by atoms with Crippen molar-refractivity contribution in [1.29, 1.82) is 0 Å². The summed E-state index contributed by atoms with van der Waals surface area (Å²) in [6.45, 7) is 5.05. The zero-order chi connectivity index (χ0) is 13.8. The Kier molecular flexibility index (Phi) is 4.20. The Labute approximate surface area is 113 Å². The molecule has 1 aromatic rings. The molecule has 1 heterocycles. The second-order valence-electron chi connectivity index (χ2n) is 5.01. The van der Waals surface area contributed by atoms with Crippen molar-refractivity contribution in [3.63, 3.8) is 0 Å². The summed E-state index contributed by atoms with van der Waals surface area (Å²) in [5.74, 6) is -0.184. The van der Waals surface area contributed by atoms with Crippen LogP contribution in [0.5, 0.6) is 0 Å². The average Bonchev–Trinajstić information content (AvgIpc) is 2.39. The zero-order valence-corrected chi connectivity index (χ0v) is 11.5. The van der Waals surface area contributed by atoms with Crippen LogP contribution in [0.4, 0.5) is 11.4 Å². The van der Waals surface area contributed by atoms with Gasteiger partial charge in [0.05, 0.1) is 5.69 Å². The Hall–Kier alpha value is -1.84. The van der Waals surface area contributed by atoms with E-state index in [1.807, 2.05) is 18.2 Å². The number of carbonyl (C=O) groups excluding carboxylic acids is 2. The molecule has 1 fully saturated rings. The summed E-state index contributed by atoms with van der Waals surface area (Å²) in [7, 11) is 0. The van der Waals surface area contributed by atoms with Gasteiger partial charge in [-0.15, -0.1) is 0 Å². The van der Waals surface area contributed by atoms with Gasteiger partial charge in [0.25, 0.3) is 0 Å². The molecule has 4 nitrogen and oxygen atoms in total. The molecule has 1 N–H and O–H groups in total. The molecule has 1 aromatic carbocycles. The largest absolute Gasteiger partial charge is 0.372 e. The minimum absolute atomic E-state index is 0.0254. The van der Waals surface area contributed by atoms with E-state index in [-0.39, 0.29) is 11.7 Å². The molecule has 0 aliphatic carbocycles. The quantitative estimate of drug-likeness (QED) is 0.850. The fourth-order valence-corrected chi connectivity index (χ4v) is 2.47. The van der Waals surface area contributed by atoms with E-state index < -0.39 is 0 Å². The van der Waals surface area contributed by atoms with Gasteiger partial charge in [-0.1, -0.05) is 0 Å². The molecule has 1 saturated heterocycles. The first-order valence-electron chi connectivity index (χ1n) is 6.75. The smallest absolute Gasteiger partial charge is 0.221 e. The number of ketones is 1. The lowest BCUT2D eigenvalue weighted by Gasteiger charge is -2.29. The fourth-order valence-electron chi connectivity index (χ4n) is 2.47. The number of nitrogens with zero attached hydrogens (tertiary/aromatic N) is 1. The van der Waals surface area contributed by atoms with Crippen LogP contribution in [-0.2, 0) is 4.79 Å². The molecule has 4 heteroatoms. The molecule has 0 spiro atoms. The SMILES string of the molecule is CC(=O)Nc1ccc(N2CCCCC2)cc1C(C)=O. The molecule has 0 saturated carbocycles. The summed E-state index contributed by atoms with van der Waals surface area (Å²) in [5, 5.41) is 2.71. The molecule has 1 aliphatic rings. The van der Waals surface area contributed by atoms with E-state index in [9.17, 15) is 9.59 Å². The van der Waals surface area contributed by atoms with Gasteiger partial charge in [0, 0.05) is 31.3 Å². The van der Waals surface area contributed by atoms with Crippen LogP contribution in [0.15, 0.2) is 18.2 Å². The first-order valence-corrected chi connectivity index (χ1v) is 6.75. The van der Waals surface area contributed by atoms with Gasteiger partial charge in [-0.25, -0.2) is 0 Å². The highest BCUT2D eigenvalue weighted by molar-refractivity contribution is 6.04. The third-order valence-corrected chi connectivity index (χ3v) is 3.41. The molecular formula is C15H20N2O2. The third kappa shape index (κ3) is 3.34. The molecule has 0 bridgehead atoms. The number of amides is 1. The molecule has 19 heavy (non-hydrogen) atoms. The molecule has 1 aliphatic heterocycles. The van der Waals surface area contributed by atoms with Gasteiger partial charge in [0.1, 0.15) is 0 Å². The maximum absolute atomic E-state index is 11.7. The summed E-state index contributed by atoms with van der Waals surface area (Å²) in [5.41, 5.74) is 2.25. The van der Waals surface area contributed by atoms with Gasteiger partial charge in [0.15, 0.2) is 5.78 Å². The highest BCUT2D eigenvalue weighted by atomic mass is 16.1. The average molecular weight is 260 g/mol. The third-order valence-electron chi connectivity index (χ3n) is 3.41. The van der Waals surface area contributed by atoms with E-state index >= 15 is 0 Å². The van der Waals surface area contributed by atoms with Gasteiger partial charge in [-0.3, -0.25) is 9.59 Å². The highest BCUT2D eigenvalue weighted by Crippen LogP contribution is 2.26. The van der Waals surface area contributed by atoms with Crippen molar-refractivity contribution < 1.29 is 9.59 Å². The maximum atomic E-state index is 11.7. The number of rotatable bonds is 3. The molecular weight excluding hydrogens is 240 g/mol. The Morgan fingerprint density at radius 2 is 1.79 bits per heavy atom. The van der Waals surface area contributed by atoms with Crippen LogP contribution in [0, 0.1) is 0 Å². The molecule has 0 atom stereocenters. The van der Waals surface area contributed by atoms with Crippen LogP contribution in [0.1, 0.15) is 43.5 Å². The van der Waals surface area contributed by atoms with E-state index in [1.54, 1.807) is 0 Å². The van der Waals surface area contributed by atoms with E-state index in [2.05, 4.69) is 10.2 Å². The Bertz CT molecular complexity index is 491. The van der Waals surface area contributed by atoms with Crippen molar-refractivity contribution in [2.24, 2.45) is 0 Å². The van der Waals surface area contributed by atoms with Crippen LogP contribution in [0.25, 0.3) is 0 Å². The number of hydrogen-bond donors (Lipinski definition) is 1. The number of hydrogen-bond acceptors (Lipinski definition) is 3. The van der Waals surface area contributed by atoms with Gasteiger partial charge in [-0.05, 0) is 44.4 Å². The number of piperidine rings is 1. The predicted octanol–water partition coefficient (Wildman–Crippen LogP) is 2.84. The number of anilines is 2. The number of nitrogens with one attached hydrogen (secondary N) is 1. The molecule has 0 radical (unpaired) electrons. The van der Waals surface area contributed by atoms with Gasteiger partial charge >= 0.3 is 0 Å². The summed E-state index contributed by atoms with van der Waals surface area (Å²) >= 11 is 0. The van der Waals surface area contributed by atoms with E-state index in [1.165, 1.54) is 33.1 Å². The molecule has 2 rings (SSSR count). The van der Waals surface area contributed by atoms with Crippen LogP contribution in [0.3, 0.4) is 0 Å². The summed E-state index contributed by atoms with van der Waals surface area (Å²) in [6, 6.07) is 5.68. The molecule has 0 aromatic heterocycles. The van der Waals surface area contributed by atoms with E-state index in [4.69, 9.17) is 0 Å². The minimum atomic E-state index is -0.159. The van der Waals surface area contributed by atoms with E-state index in [0.717, 1.165) is 18.8 Å². The van der Waals surface area contributed by atoms with E-state index in [0.29, 0.717) is 11.3 Å². The van der Waals surface area contributed by atoms with Crippen LogP contribution < -0.4 is 10.2 Å². The van der Waals surface area contributed by atoms with Crippen molar-refractivity contribution in [2.75, 3.05) is 23.3 Å². The molecule has 1 amide bonds. The maximum Gasteiger partial charge on any atom is 0.221 e. The van der Waals surface area contributed by atoms with Crippen molar-refractivity contribution in [2.45, 2.75) is 33.1 Å². The normalized spacial score (nSPS) is 15.2. The summed E-state index contributed by atoms with van der Waals surface area (Å²) in [6.07, 6.45) is 3.67. The Balaban J connectivity index is 2.29. The van der Waals surface area contributed by atoms with Gasteiger partial charge in [0.2, 0.25) is 5.91 Å². The van der Waals surface area contributed by atoms with Crippen molar-refractivity contribution in [3.8, 4) is 0 Å². The summed E-state index contributed by atoms with van der Waals surface area (Å²) in [4.78, 5) is 25.2. The monoisotopic (exact) mass is 260 g/mol. The standard InChI is InChI=1S/C15H20N2O2/c1-11(18)14-10-13(17-8-4-3-5-9-17)6-7-15(14)16-12(2)19/h6-7,10H,3-5,8-9H2,1-2H3,(H,16,19).